The van der Waals surface area contributed by atoms with Crippen molar-refractivity contribution in [2.45, 2.75) is 87.7 Å². The summed E-state index contributed by atoms with van der Waals surface area (Å²) in [7, 11) is 0. The summed E-state index contributed by atoms with van der Waals surface area (Å²) in [4.78, 5) is 44.5. The van der Waals surface area contributed by atoms with Crippen molar-refractivity contribution in [1.29, 1.82) is 0 Å². The summed E-state index contributed by atoms with van der Waals surface area (Å²) in [5.74, 6) is -1.29. The molecule has 3 rings (SSSR count). The monoisotopic (exact) mass is 494 g/mol. The predicted molar refractivity (Wildman–Crippen MR) is 134 cm³/mol. The Hall–Kier alpha value is -1.54. The first-order valence-corrected chi connectivity index (χ1v) is 14.0. The van der Waals surface area contributed by atoms with Crippen molar-refractivity contribution >= 4 is 29.5 Å². The van der Waals surface area contributed by atoms with Crippen LogP contribution in [0.25, 0.3) is 0 Å². The number of carbonyl (C=O) groups is 3. The number of amides is 2. The van der Waals surface area contributed by atoms with Crippen molar-refractivity contribution in [2.24, 2.45) is 11.8 Å². The maximum absolute atomic E-state index is 14.1. The van der Waals surface area contributed by atoms with Gasteiger partial charge in [-0.1, -0.05) is 38.7 Å². The number of unbranched alkanes of at least 4 members (excludes halogenated alkanes) is 5. The summed E-state index contributed by atoms with van der Waals surface area (Å²) in [5.41, 5.74) is 0. The molecule has 3 fully saturated rings. The van der Waals surface area contributed by atoms with Crippen molar-refractivity contribution in [3.8, 4) is 0 Å². The third kappa shape index (κ3) is 5.18. The van der Waals surface area contributed by atoms with Gasteiger partial charge in [0.05, 0.1) is 23.2 Å². The fourth-order valence-electron chi connectivity index (χ4n) is 6.10. The number of esters is 1. The molecule has 3 heterocycles. The summed E-state index contributed by atoms with van der Waals surface area (Å²) in [6.45, 7) is 9.88. The van der Waals surface area contributed by atoms with Crippen LogP contribution in [0, 0.1) is 11.8 Å². The third-order valence-electron chi connectivity index (χ3n) is 7.59. The molecule has 3 saturated heterocycles. The molecule has 0 aromatic carbocycles. The number of hydrogen-bond donors (Lipinski definition) is 1. The van der Waals surface area contributed by atoms with Crippen LogP contribution in [-0.2, 0) is 19.1 Å². The number of fused-ring (bicyclic) bond motifs is 1. The molecule has 7 nitrogen and oxygen atoms in total. The van der Waals surface area contributed by atoms with E-state index < -0.39 is 22.6 Å². The van der Waals surface area contributed by atoms with Crippen LogP contribution in [0.15, 0.2) is 12.7 Å². The second-order valence-corrected chi connectivity index (χ2v) is 11.4. The first-order chi connectivity index (χ1) is 16.5. The Morgan fingerprint density at radius 1 is 1.24 bits per heavy atom. The second-order valence-electron chi connectivity index (χ2n) is 9.76. The molecule has 2 amide bonds. The highest BCUT2D eigenvalue weighted by Crippen LogP contribution is 2.66. The minimum Gasteiger partial charge on any atom is -0.466 e. The number of likely N-dealkylation sites (tertiary alicyclic amines) is 1. The molecule has 1 N–H and O–H groups in total. The molecule has 0 saturated carbocycles. The third-order valence-corrected chi connectivity index (χ3v) is 9.54. The van der Waals surface area contributed by atoms with Crippen molar-refractivity contribution in [1.82, 2.24) is 9.80 Å². The van der Waals surface area contributed by atoms with Crippen LogP contribution in [0.3, 0.4) is 0 Å². The Balaban J connectivity index is 1.89. The maximum atomic E-state index is 14.1. The highest BCUT2D eigenvalue weighted by molar-refractivity contribution is 8.02. The number of rotatable bonds is 15. The van der Waals surface area contributed by atoms with Gasteiger partial charge in [0.2, 0.25) is 11.8 Å². The molecule has 0 radical (unpaired) electrons. The lowest BCUT2D eigenvalue weighted by atomic mass is 9.71. The zero-order chi connectivity index (χ0) is 24.7. The number of nitrogens with zero attached hydrogens (tertiary/aromatic N) is 2. The van der Waals surface area contributed by atoms with E-state index in [4.69, 9.17) is 9.84 Å². The molecule has 192 valence electrons. The zero-order valence-corrected chi connectivity index (χ0v) is 21.7. The number of aliphatic hydroxyl groups excluding tert-OH is 1. The molecule has 1 spiro atoms. The summed E-state index contributed by atoms with van der Waals surface area (Å²) in [6, 6.07) is -0.543. The molecule has 0 aliphatic carbocycles. The normalized spacial score (nSPS) is 29.4. The highest BCUT2D eigenvalue weighted by atomic mass is 32.2. The van der Waals surface area contributed by atoms with Gasteiger partial charge in [-0.15, -0.1) is 18.3 Å². The van der Waals surface area contributed by atoms with E-state index in [1.165, 1.54) is 0 Å². The van der Waals surface area contributed by atoms with Gasteiger partial charge in [0.25, 0.3) is 0 Å². The van der Waals surface area contributed by atoms with Gasteiger partial charge in [-0.05, 0) is 39.0 Å². The van der Waals surface area contributed by atoms with Crippen LogP contribution in [0.1, 0.15) is 71.6 Å². The molecular formula is C26H42N2O5S. The molecule has 0 aromatic rings. The van der Waals surface area contributed by atoms with Crippen LogP contribution in [-0.4, -0.2) is 81.6 Å². The average molecular weight is 495 g/mol. The van der Waals surface area contributed by atoms with Crippen LogP contribution < -0.4 is 0 Å². The fraction of sp³-hybridized carbons (Fsp3) is 0.808. The Labute approximate surface area is 208 Å². The van der Waals surface area contributed by atoms with Gasteiger partial charge < -0.3 is 19.6 Å². The van der Waals surface area contributed by atoms with E-state index >= 15 is 0 Å². The first kappa shape index (κ1) is 27.1. The van der Waals surface area contributed by atoms with Gasteiger partial charge in [0.15, 0.2) is 0 Å². The lowest BCUT2D eigenvalue weighted by molar-refractivity contribution is -0.153. The summed E-state index contributed by atoms with van der Waals surface area (Å²) in [5, 5.41) is 9.11. The molecule has 5 atom stereocenters. The molecule has 34 heavy (non-hydrogen) atoms. The van der Waals surface area contributed by atoms with Gasteiger partial charge in [-0.25, -0.2) is 0 Å². The van der Waals surface area contributed by atoms with Gasteiger partial charge in [0.1, 0.15) is 6.04 Å². The van der Waals surface area contributed by atoms with Crippen LogP contribution in [0.2, 0.25) is 0 Å². The Bertz CT molecular complexity index is 747. The van der Waals surface area contributed by atoms with E-state index in [-0.39, 0.29) is 29.6 Å². The molecule has 0 aromatic heterocycles. The lowest BCUT2D eigenvalue weighted by Gasteiger charge is -2.37. The molecule has 2 bridgehead atoms. The number of carbonyl (C=O) groups excluding carboxylic acids is 3. The zero-order valence-electron chi connectivity index (χ0n) is 20.9. The second kappa shape index (κ2) is 12.4. The summed E-state index contributed by atoms with van der Waals surface area (Å²) < 4.78 is 4.83. The number of ether oxygens (including phenoxy) is 1. The molecule has 2 unspecified atom stereocenters. The smallest absolute Gasteiger partial charge is 0.310 e. The Kier molecular flexibility index (Phi) is 9.89. The van der Waals surface area contributed by atoms with E-state index in [0.717, 1.165) is 57.8 Å². The van der Waals surface area contributed by atoms with E-state index in [2.05, 4.69) is 13.5 Å². The Morgan fingerprint density at radius 3 is 2.68 bits per heavy atom. The standard InChI is InChI=1S/C26H42N2O5S/c1-4-7-10-16-27(15-5-2)24(31)22-26-14-13-19(34-26)20(25(32)33-6-3)21(26)23(30)28(22)17-11-8-9-12-18-29/h5,19-22,29H,2,4,6-18H2,1,3H3/t19-,20+,21+,22?,26?/m1/s1. The molecule has 3 aliphatic rings. The van der Waals surface area contributed by atoms with Gasteiger partial charge >= 0.3 is 5.97 Å². The minimum atomic E-state index is -0.550. The van der Waals surface area contributed by atoms with Gasteiger partial charge in [0, 0.05) is 31.5 Å². The van der Waals surface area contributed by atoms with Crippen molar-refractivity contribution in [3.05, 3.63) is 12.7 Å². The van der Waals surface area contributed by atoms with E-state index in [0.29, 0.717) is 26.2 Å². The van der Waals surface area contributed by atoms with Crippen molar-refractivity contribution in [2.75, 3.05) is 32.8 Å². The predicted octanol–water partition coefficient (Wildman–Crippen LogP) is 3.40. The van der Waals surface area contributed by atoms with Gasteiger partial charge in [-0.3, -0.25) is 14.4 Å². The minimum absolute atomic E-state index is 0.000120. The average Bonchev–Trinajstić information content (AvgIpc) is 3.46. The molecular weight excluding hydrogens is 452 g/mol. The first-order valence-electron chi connectivity index (χ1n) is 13.1. The van der Waals surface area contributed by atoms with Crippen LogP contribution >= 0.6 is 11.8 Å². The highest BCUT2D eigenvalue weighted by Gasteiger charge is 2.74. The SMILES string of the molecule is C=CCN(CCCCC)C(=O)C1N(CCCCCCO)C(=O)[C@@H]2[C@@H](C(=O)OCC)[C@H]3CCC12S3. The van der Waals surface area contributed by atoms with Crippen LogP contribution in [0.4, 0.5) is 0 Å². The van der Waals surface area contributed by atoms with Gasteiger partial charge in [-0.2, -0.15) is 0 Å². The Morgan fingerprint density at radius 2 is 2.00 bits per heavy atom. The van der Waals surface area contributed by atoms with Crippen molar-refractivity contribution in [3.63, 3.8) is 0 Å². The summed E-state index contributed by atoms with van der Waals surface area (Å²) >= 11 is 1.70. The molecule has 8 heteroatoms. The van der Waals surface area contributed by atoms with Crippen LogP contribution in [0.5, 0.6) is 0 Å². The van der Waals surface area contributed by atoms with Crippen molar-refractivity contribution < 1.29 is 24.2 Å². The number of thioether (sulfide) groups is 1. The fourth-order valence-corrected chi connectivity index (χ4v) is 8.30. The largest absolute Gasteiger partial charge is 0.466 e. The topological polar surface area (TPSA) is 87.2 Å². The molecule has 3 aliphatic heterocycles. The summed E-state index contributed by atoms with van der Waals surface area (Å²) in [6.07, 6.45) is 9.75. The lowest BCUT2D eigenvalue weighted by Crippen LogP contribution is -2.55. The number of hydrogen-bond acceptors (Lipinski definition) is 6. The maximum Gasteiger partial charge on any atom is 0.310 e. The quantitative estimate of drug-likeness (QED) is 0.213. The van der Waals surface area contributed by atoms with E-state index in [9.17, 15) is 14.4 Å². The number of aliphatic hydroxyl groups is 1. The van der Waals surface area contributed by atoms with E-state index in [1.807, 2.05) is 4.90 Å². The van der Waals surface area contributed by atoms with E-state index in [1.54, 1.807) is 29.7 Å².